The monoisotopic (exact) mass is 424 g/mol. The fourth-order valence-corrected chi connectivity index (χ4v) is 3.93. The molecule has 4 rings (SSSR count). The second-order valence-corrected chi connectivity index (χ2v) is 8.10. The van der Waals surface area contributed by atoms with Gasteiger partial charge in [0.15, 0.2) is 16.4 Å². The summed E-state index contributed by atoms with van der Waals surface area (Å²) < 4.78 is 21.2. The summed E-state index contributed by atoms with van der Waals surface area (Å²) >= 11 is 1.46. The van der Waals surface area contributed by atoms with Crippen LogP contribution in [0.2, 0.25) is 0 Å². The summed E-state index contributed by atoms with van der Waals surface area (Å²) in [4.78, 5) is 15.4. The fourth-order valence-electron chi connectivity index (χ4n) is 3.10. The van der Waals surface area contributed by atoms with Gasteiger partial charge in [-0.15, -0.1) is 10.2 Å². The van der Waals surface area contributed by atoms with Crippen LogP contribution >= 0.6 is 11.8 Å². The Morgan fingerprint density at radius 2 is 1.97 bits per heavy atom. The number of nitrogens with zero attached hydrogens (tertiary/aromatic N) is 3. The predicted octanol–water partition coefficient (Wildman–Crippen LogP) is 4.28. The molecule has 0 saturated carbocycles. The molecule has 4 aromatic rings. The fraction of sp³-hybridized carbons (Fsp3) is 0.227. The van der Waals surface area contributed by atoms with Crippen molar-refractivity contribution < 1.29 is 9.13 Å². The number of aromatic amines is 1. The highest BCUT2D eigenvalue weighted by atomic mass is 32.2. The predicted molar refractivity (Wildman–Crippen MR) is 115 cm³/mol. The number of pyridine rings is 1. The van der Waals surface area contributed by atoms with E-state index in [4.69, 9.17) is 4.74 Å². The molecule has 0 radical (unpaired) electrons. The maximum absolute atomic E-state index is 13.4. The molecule has 1 N–H and O–H groups in total. The molecule has 0 aliphatic carbocycles. The van der Waals surface area contributed by atoms with Gasteiger partial charge in [-0.2, -0.15) is 0 Å². The smallest absolute Gasteiger partial charge is 0.191 e. The van der Waals surface area contributed by atoms with E-state index in [1.807, 2.05) is 43.7 Å². The highest BCUT2D eigenvalue weighted by Gasteiger charge is 2.12. The molecule has 2 heterocycles. The van der Waals surface area contributed by atoms with Gasteiger partial charge in [0.25, 0.3) is 0 Å². The van der Waals surface area contributed by atoms with Crippen molar-refractivity contribution in [1.29, 1.82) is 0 Å². The lowest BCUT2D eigenvalue weighted by molar-refractivity contribution is 0.288. The third-order valence-corrected chi connectivity index (χ3v) is 5.90. The number of halogens is 1. The molecule has 30 heavy (non-hydrogen) atoms. The third kappa shape index (κ3) is 4.23. The Morgan fingerprint density at radius 1 is 1.13 bits per heavy atom. The number of ether oxygens (including phenoxy) is 1. The van der Waals surface area contributed by atoms with Crippen LogP contribution in [0.3, 0.4) is 0 Å². The minimum atomic E-state index is -0.426. The van der Waals surface area contributed by atoms with Crippen LogP contribution in [-0.4, -0.2) is 19.7 Å². The minimum absolute atomic E-state index is 0.209. The molecule has 0 atom stereocenters. The summed E-state index contributed by atoms with van der Waals surface area (Å²) in [7, 11) is 1.88. The van der Waals surface area contributed by atoms with Crippen molar-refractivity contribution in [3.8, 4) is 5.75 Å². The van der Waals surface area contributed by atoms with Gasteiger partial charge in [0, 0.05) is 35.5 Å². The van der Waals surface area contributed by atoms with Crippen molar-refractivity contribution >= 4 is 22.7 Å². The standard InChI is InChI=1S/C22H21FN4O2S/c1-13-4-5-14(2)20(8-13)29-11-21-25-26-22(27(21)3)30-12-16-10-19(28)17-9-15(23)6-7-18(17)24-16/h4-10H,11-12H2,1-3H3,(H,24,28). The van der Waals surface area contributed by atoms with Gasteiger partial charge in [-0.1, -0.05) is 23.9 Å². The van der Waals surface area contributed by atoms with Crippen LogP contribution in [0.1, 0.15) is 22.6 Å². The zero-order chi connectivity index (χ0) is 21.3. The van der Waals surface area contributed by atoms with Gasteiger partial charge in [0.1, 0.15) is 18.2 Å². The maximum atomic E-state index is 13.4. The van der Waals surface area contributed by atoms with E-state index >= 15 is 0 Å². The summed E-state index contributed by atoms with van der Waals surface area (Å²) in [5, 5.41) is 9.52. The first-order valence-corrected chi connectivity index (χ1v) is 10.4. The lowest BCUT2D eigenvalue weighted by Gasteiger charge is -2.10. The van der Waals surface area contributed by atoms with Crippen LogP contribution in [0.15, 0.2) is 52.4 Å². The van der Waals surface area contributed by atoms with E-state index in [9.17, 15) is 9.18 Å². The van der Waals surface area contributed by atoms with E-state index in [-0.39, 0.29) is 5.43 Å². The average Bonchev–Trinajstić information content (AvgIpc) is 3.07. The van der Waals surface area contributed by atoms with Crippen LogP contribution in [0.4, 0.5) is 4.39 Å². The second kappa shape index (κ2) is 8.31. The van der Waals surface area contributed by atoms with Crippen molar-refractivity contribution in [2.24, 2.45) is 7.05 Å². The Balaban J connectivity index is 1.45. The lowest BCUT2D eigenvalue weighted by Crippen LogP contribution is -2.06. The molecular formula is C22H21FN4O2S. The van der Waals surface area contributed by atoms with Gasteiger partial charge < -0.3 is 14.3 Å². The maximum Gasteiger partial charge on any atom is 0.191 e. The topological polar surface area (TPSA) is 72.8 Å². The largest absolute Gasteiger partial charge is 0.485 e. The number of hydrogen-bond acceptors (Lipinski definition) is 5. The van der Waals surface area contributed by atoms with E-state index in [0.717, 1.165) is 27.7 Å². The van der Waals surface area contributed by atoms with Gasteiger partial charge in [-0.25, -0.2) is 4.39 Å². The Kier molecular flexibility index (Phi) is 5.59. The van der Waals surface area contributed by atoms with Crippen molar-refractivity contribution in [3.05, 3.63) is 81.2 Å². The number of benzene rings is 2. The van der Waals surface area contributed by atoms with E-state index < -0.39 is 5.82 Å². The molecule has 0 saturated heterocycles. The van der Waals surface area contributed by atoms with Crippen LogP contribution in [-0.2, 0) is 19.4 Å². The SMILES string of the molecule is Cc1ccc(C)c(OCc2nnc(SCc3cc(=O)c4cc(F)ccc4[nH]3)n2C)c1. The summed E-state index contributed by atoms with van der Waals surface area (Å²) in [6.07, 6.45) is 0. The van der Waals surface area contributed by atoms with Crippen molar-refractivity contribution in [2.75, 3.05) is 0 Å². The second-order valence-electron chi connectivity index (χ2n) is 7.15. The molecule has 0 amide bonds. The van der Waals surface area contributed by atoms with E-state index in [1.54, 1.807) is 6.07 Å². The molecule has 6 nitrogen and oxygen atoms in total. The lowest BCUT2D eigenvalue weighted by atomic mass is 10.1. The van der Waals surface area contributed by atoms with Crippen LogP contribution in [0.5, 0.6) is 5.75 Å². The molecule has 154 valence electrons. The summed E-state index contributed by atoms with van der Waals surface area (Å²) in [6, 6.07) is 11.7. The Labute approximate surface area is 177 Å². The first-order chi connectivity index (χ1) is 14.4. The normalized spacial score (nSPS) is 11.2. The number of fused-ring (bicyclic) bond motifs is 1. The average molecular weight is 425 g/mol. The van der Waals surface area contributed by atoms with Crippen molar-refractivity contribution in [1.82, 2.24) is 19.7 Å². The quantitative estimate of drug-likeness (QED) is 0.468. The number of H-pyrrole nitrogens is 1. The van der Waals surface area contributed by atoms with Crippen molar-refractivity contribution in [3.63, 3.8) is 0 Å². The molecule has 2 aromatic carbocycles. The number of aromatic nitrogens is 4. The van der Waals surface area contributed by atoms with Gasteiger partial charge >= 0.3 is 0 Å². The highest BCUT2D eigenvalue weighted by molar-refractivity contribution is 7.98. The molecule has 0 fully saturated rings. The zero-order valence-electron chi connectivity index (χ0n) is 16.9. The molecule has 0 unspecified atom stereocenters. The highest BCUT2D eigenvalue weighted by Crippen LogP contribution is 2.23. The van der Waals surface area contributed by atoms with Crippen molar-refractivity contribution in [2.45, 2.75) is 31.4 Å². The minimum Gasteiger partial charge on any atom is -0.485 e. The number of thioether (sulfide) groups is 1. The molecular weight excluding hydrogens is 403 g/mol. The van der Waals surface area contributed by atoms with E-state index in [0.29, 0.717) is 29.1 Å². The van der Waals surface area contributed by atoms with E-state index in [2.05, 4.69) is 15.2 Å². The first kappa shape index (κ1) is 20.2. The number of nitrogens with one attached hydrogen (secondary N) is 1. The Bertz CT molecular complexity index is 1280. The van der Waals surface area contributed by atoms with Gasteiger partial charge in [0.05, 0.1) is 0 Å². The zero-order valence-corrected chi connectivity index (χ0v) is 17.7. The van der Waals surface area contributed by atoms with Gasteiger partial charge in [-0.05, 0) is 49.2 Å². The third-order valence-electron chi connectivity index (χ3n) is 4.83. The van der Waals surface area contributed by atoms with E-state index in [1.165, 1.54) is 30.0 Å². The number of rotatable bonds is 6. The molecule has 0 bridgehead atoms. The number of hydrogen-bond donors (Lipinski definition) is 1. The molecule has 0 spiro atoms. The molecule has 0 aliphatic heterocycles. The van der Waals surface area contributed by atoms with Crippen LogP contribution in [0.25, 0.3) is 10.9 Å². The summed E-state index contributed by atoms with van der Waals surface area (Å²) in [5.41, 5.74) is 3.34. The molecule has 2 aromatic heterocycles. The molecule has 8 heteroatoms. The summed E-state index contributed by atoms with van der Waals surface area (Å²) in [5.74, 6) is 1.62. The van der Waals surface area contributed by atoms with Gasteiger partial charge in [0.2, 0.25) is 0 Å². The Hall–Kier alpha value is -3.13. The Morgan fingerprint density at radius 3 is 2.80 bits per heavy atom. The number of aryl methyl sites for hydroxylation is 2. The van der Waals surface area contributed by atoms with Crippen LogP contribution in [0, 0.1) is 19.7 Å². The van der Waals surface area contributed by atoms with Gasteiger partial charge in [-0.3, -0.25) is 4.79 Å². The van der Waals surface area contributed by atoms with Crippen LogP contribution < -0.4 is 10.2 Å². The molecule has 0 aliphatic rings. The summed E-state index contributed by atoms with van der Waals surface area (Å²) in [6.45, 7) is 4.34. The first-order valence-electron chi connectivity index (χ1n) is 9.43.